The van der Waals surface area contributed by atoms with E-state index in [0.29, 0.717) is 13.0 Å². The summed E-state index contributed by atoms with van der Waals surface area (Å²) in [4.78, 5) is 28.3. The van der Waals surface area contributed by atoms with Crippen molar-refractivity contribution in [3.63, 3.8) is 0 Å². The van der Waals surface area contributed by atoms with Gasteiger partial charge in [0, 0.05) is 31.2 Å². The van der Waals surface area contributed by atoms with Crippen LogP contribution in [0.15, 0.2) is 24.3 Å². The van der Waals surface area contributed by atoms with E-state index in [-0.39, 0.29) is 17.7 Å². The molecule has 0 spiro atoms. The first kappa shape index (κ1) is 15.8. The molecule has 0 aromatic heterocycles. The Kier molecular flexibility index (Phi) is 4.55. The van der Waals surface area contributed by atoms with Gasteiger partial charge in [0.05, 0.1) is 0 Å². The smallest absolute Gasteiger partial charge is 0.240 e. The minimum absolute atomic E-state index is 0.0241. The molecule has 1 unspecified atom stereocenters. The molecule has 2 aliphatic heterocycles. The molecule has 2 fully saturated rings. The Hall–Kier alpha value is -2.04. The van der Waals surface area contributed by atoms with Crippen LogP contribution in [0, 0.1) is 12.8 Å². The van der Waals surface area contributed by atoms with Crippen LogP contribution in [-0.2, 0) is 9.59 Å². The number of aryl methyl sites for hydroxylation is 1. The van der Waals surface area contributed by atoms with Crippen molar-refractivity contribution in [1.29, 1.82) is 0 Å². The summed E-state index contributed by atoms with van der Waals surface area (Å²) < 4.78 is 0. The van der Waals surface area contributed by atoms with Gasteiger partial charge in [0.15, 0.2) is 0 Å². The third-order valence-electron chi connectivity index (χ3n) is 5.08. The number of nitrogens with zero attached hydrogens (tertiary/aromatic N) is 2. The minimum Gasteiger partial charge on any atom is -0.371 e. The van der Waals surface area contributed by atoms with Gasteiger partial charge in [-0.05, 0) is 50.3 Å². The highest BCUT2D eigenvalue weighted by molar-refractivity contribution is 5.88. The minimum atomic E-state index is -0.391. The molecule has 0 aliphatic carbocycles. The van der Waals surface area contributed by atoms with E-state index < -0.39 is 6.04 Å². The first-order valence-corrected chi connectivity index (χ1v) is 8.47. The zero-order valence-electron chi connectivity index (χ0n) is 13.7. The number of hydrogen-bond acceptors (Lipinski definition) is 3. The maximum Gasteiger partial charge on any atom is 0.240 e. The quantitative estimate of drug-likeness (QED) is 0.923. The van der Waals surface area contributed by atoms with Crippen LogP contribution in [0.2, 0.25) is 0 Å². The number of nitrogens with two attached hydrogens (primary N) is 1. The van der Waals surface area contributed by atoms with Crippen LogP contribution in [-0.4, -0.2) is 42.4 Å². The van der Waals surface area contributed by atoms with Gasteiger partial charge < -0.3 is 15.5 Å². The van der Waals surface area contributed by atoms with Gasteiger partial charge >= 0.3 is 0 Å². The Labute approximate surface area is 137 Å². The first-order chi connectivity index (χ1) is 11.1. The molecule has 2 aliphatic rings. The number of rotatable bonds is 3. The highest BCUT2D eigenvalue weighted by atomic mass is 16.2. The number of carbonyl (C=O) groups excluding carboxylic acids is 2. The number of benzene rings is 1. The standard InChI is InChI=1S/C18H25N3O2/c1-13-4-2-5-15(12-13)20-10-7-14(8-11-20)18(23)21-9-3-6-16(21)17(19)22/h2,4-5,12,14,16H,3,6-11H2,1H3,(H2,19,22). The van der Waals surface area contributed by atoms with Crippen LogP contribution in [0.5, 0.6) is 0 Å². The van der Waals surface area contributed by atoms with Crippen LogP contribution in [0.4, 0.5) is 5.69 Å². The van der Waals surface area contributed by atoms with E-state index in [2.05, 4.69) is 36.1 Å². The SMILES string of the molecule is Cc1cccc(N2CCC(C(=O)N3CCCC3C(N)=O)CC2)c1. The number of primary amides is 1. The van der Waals surface area contributed by atoms with Crippen LogP contribution in [0.25, 0.3) is 0 Å². The van der Waals surface area contributed by atoms with Crippen molar-refractivity contribution in [2.45, 2.75) is 38.6 Å². The average molecular weight is 315 g/mol. The molecule has 1 atom stereocenters. The third-order valence-corrected chi connectivity index (χ3v) is 5.08. The topological polar surface area (TPSA) is 66.6 Å². The highest BCUT2D eigenvalue weighted by Crippen LogP contribution is 2.27. The molecule has 3 rings (SSSR count). The number of likely N-dealkylation sites (tertiary alicyclic amines) is 1. The second kappa shape index (κ2) is 6.60. The molecule has 2 N–H and O–H groups in total. The molecule has 5 heteroatoms. The monoisotopic (exact) mass is 315 g/mol. The molecule has 23 heavy (non-hydrogen) atoms. The Morgan fingerprint density at radius 2 is 1.87 bits per heavy atom. The Morgan fingerprint density at radius 1 is 1.13 bits per heavy atom. The van der Waals surface area contributed by atoms with Crippen LogP contribution >= 0.6 is 0 Å². The fourth-order valence-corrected chi connectivity index (χ4v) is 3.77. The Balaban J connectivity index is 1.60. The lowest BCUT2D eigenvalue weighted by molar-refractivity contribution is -0.141. The fraction of sp³-hybridized carbons (Fsp3) is 0.556. The van der Waals surface area contributed by atoms with Crippen molar-refractivity contribution >= 4 is 17.5 Å². The summed E-state index contributed by atoms with van der Waals surface area (Å²) in [5, 5.41) is 0. The van der Waals surface area contributed by atoms with Gasteiger partial charge in [0.25, 0.3) is 0 Å². The predicted molar refractivity (Wildman–Crippen MR) is 90.0 cm³/mol. The van der Waals surface area contributed by atoms with Crippen molar-refractivity contribution in [2.24, 2.45) is 11.7 Å². The molecule has 1 aromatic carbocycles. The Morgan fingerprint density at radius 3 is 2.52 bits per heavy atom. The number of hydrogen-bond donors (Lipinski definition) is 1. The highest BCUT2D eigenvalue weighted by Gasteiger charge is 2.37. The first-order valence-electron chi connectivity index (χ1n) is 8.47. The van der Waals surface area contributed by atoms with Gasteiger partial charge in [0.2, 0.25) is 11.8 Å². The maximum absolute atomic E-state index is 12.7. The average Bonchev–Trinajstić information content (AvgIpc) is 3.04. The van der Waals surface area contributed by atoms with Crippen molar-refractivity contribution in [2.75, 3.05) is 24.5 Å². The van der Waals surface area contributed by atoms with Crippen molar-refractivity contribution < 1.29 is 9.59 Å². The third kappa shape index (κ3) is 3.33. The summed E-state index contributed by atoms with van der Waals surface area (Å²) in [6, 6.07) is 8.09. The second-order valence-corrected chi connectivity index (χ2v) is 6.69. The predicted octanol–water partition coefficient (Wildman–Crippen LogP) is 1.69. The summed E-state index contributed by atoms with van der Waals surface area (Å²) >= 11 is 0. The van der Waals surface area contributed by atoms with Gasteiger partial charge in [0.1, 0.15) is 6.04 Å². The molecule has 1 aromatic rings. The van der Waals surface area contributed by atoms with Crippen LogP contribution in [0.3, 0.4) is 0 Å². The molecule has 0 bridgehead atoms. The number of carbonyl (C=O) groups is 2. The van der Waals surface area contributed by atoms with Gasteiger partial charge in [-0.3, -0.25) is 9.59 Å². The van der Waals surface area contributed by atoms with E-state index in [4.69, 9.17) is 5.73 Å². The van der Waals surface area contributed by atoms with E-state index in [0.717, 1.165) is 32.4 Å². The molecular weight excluding hydrogens is 290 g/mol. The lowest BCUT2D eigenvalue weighted by Crippen LogP contribution is -2.48. The lowest BCUT2D eigenvalue weighted by Gasteiger charge is -2.35. The van der Waals surface area contributed by atoms with E-state index in [1.807, 2.05) is 0 Å². The summed E-state index contributed by atoms with van der Waals surface area (Å²) in [5.74, 6) is -0.223. The Bertz CT molecular complexity index is 594. The van der Waals surface area contributed by atoms with Gasteiger partial charge in [-0.25, -0.2) is 0 Å². The van der Waals surface area contributed by atoms with E-state index >= 15 is 0 Å². The second-order valence-electron chi connectivity index (χ2n) is 6.69. The molecule has 2 amide bonds. The van der Waals surface area contributed by atoms with Gasteiger partial charge in [-0.2, -0.15) is 0 Å². The van der Waals surface area contributed by atoms with Gasteiger partial charge in [-0.15, -0.1) is 0 Å². The summed E-state index contributed by atoms with van der Waals surface area (Å²) in [7, 11) is 0. The summed E-state index contributed by atoms with van der Waals surface area (Å²) in [6.07, 6.45) is 3.27. The fourth-order valence-electron chi connectivity index (χ4n) is 3.77. The van der Waals surface area contributed by atoms with E-state index in [1.165, 1.54) is 11.3 Å². The van der Waals surface area contributed by atoms with E-state index in [1.54, 1.807) is 4.90 Å². The molecule has 0 radical (unpaired) electrons. The molecule has 5 nitrogen and oxygen atoms in total. The number of anilines is 1. The van der Waals surface area contributed by atoms with Crippen LogP contribution in [0.1, 0.15) is 31.2 Å². The number of amides is 2. The summed E-state index contributed by atoms with van der Waals surface area (Å²) in [6.45, 7) is 4.53. The molecule has 0 saturated carbocycles. The van der Waals surface area contributed by atoms with Crippen molar-refractivity contribution in [3.8, 4) is 0 Å². The van der Waals surface area contributed by atoms with Crippen LogP contribution < -0.4 is 10.6 Å². The number of piperidine rings is 1. The van der Waals surface area contributed by atoms with Gasteiger partial charge in [-0.1, -0.05) is 12.1 Å². The molecular formula is C18H25N3O2. The van der Waals surface area contributed by atoms with Crippen molar-refractivity contribution in [3.05, 3.63) is 29.8 Å². The zero-order valence-corrected chi connectivity index (χ0v) is 13.7. The summed E-state index contributed by atoms with van der Waals surface area (Å²) in [5.41, 5.74) is 7.91. The van der Waals surface area contributed by atoms with Crippen molar-refractivity contribution in [1.82, 2.24) is 4.90 Å². The largest absolute Gasteiger partial charge is 0.371 e. The maximum atomic E-state index is 12.7. The molecule has 124 valence electrons. The zero-order chi connectivity index (χ0) is 16.4. The normalized spacial score (nSPS) is 22.4. The molecule has 2 heterocycles. The van der Waals surface area contributed by atoms with E-state index in [9.17, 15) is 9.59 Å². The molecule has 2 saturated heterocycles. The lowest BCUT2D eigenvalue weighted by atomic mass is 9.94.